The fraction of sp³-hybridized carbons (Fsp3) is 0.778. The number of nitriles is 1. The van der Waals surface area contributed by atoms with Crippen LogP contribution in [0.2, 0.25) is 0 Å². The molecule has 0 aliphatic rings. The first-order chi connectivity index (χ1) is 6.81. The second-order valence-electron chi connectivity index (χ2n) is 3.58. The minimum atomic E-state index is -3.34. The van der Waals surface area contributed by atoms with Gasteiger partial charge in [-0.2, -0.15) is 5.26 Å². The van der Waals surface area contributed by atoms with Gasteiger partial charge in [-0.1, -0.05) is 0 Å². The van der Waals surface area contributed by atoms with Crippen LogP contribution in [0.1, 0.15) is 20.3 Å². The lowest BCUT2D eigenvalue weighted by Gasteiger charge is -2.16. The van der Waals surface area contributed by atoms with Crippen LogP contribution in [0.3, 0.4) is 0 Å². The third-order valence-electron chi connectivity index (χ3n) is 2.03. The summed E-state index contributed by atoms with van der Waals surface area (Å²) >= 11 is 0. The molecule has 5 nitrogen and oxygen atoms in total. The van der Waals surface area contributed by atoms with Crippen LogP contribution in [0, 0.1) is 11.3 Å². The van der Waals surface area contributed by atoms with Crippen LogP contribution < -0.4 is 0 Å². The summed E-state index contributed by atoms with van der Waals surface area (Å²) in [5.74, 6) is -0.939. The molecule has 0 unspecified atom stereocenters. The Morgan fingerprint density at radius 1 is 1.47 bits per heavy atom. The Balaban J connectivity index is 4.33. The smallest absolute Gasteiger partial charge is 0.237 e. The fourth-order valence-corrected chi connectivity index (χ4v) is 1.69. The quantitative estimate of drug-likeness (QED) is 0.677. The first-order valence-electron chi connectivity index (χ1n) is 4.63. The van der Waals surface area contributed by atoms with Gasteiger partial charge in [-0.3, -0.25) is 4.79 Å². The summed E-state index contributed by atoms with van der Waals surface area (Å²) in [4.78, 5) is 12.7. The number of hydrogen-bond donors (Lipinski definition) is 0. The summed E-state index contributed by atoms with van der Waals surface area (Å²) in [5, 5.41) is 7.76. The predicted molar refractivity (Wildman–Crippen MR) is 56.8 cm³/mol. The summed E-state index contributed by atoms with van der Waals surface area (Å²) in [7, 11) is -1.85. The zero-order chi connectivity index (χ0) is 12.1. The van der Waals surface area contributed by atoms with E-state index in [4.69, 9.17) is 5.26 Å². The van der Waals surface area contributed by atoms with Gasteiger partial charge in [-0.05, 0) is 13.8 Å². The lowest BCUT2D eigenvalue weighted by atomic mass is 10.4. The lowest BCUT2D eigenvalue weighted by Crippen LogP contribution is -2.35. The van der Waals surface area contributed by atoms with Crippen molar-refractivity contribution in [2.24, 2.45) is 0 Å². The first-order valence-corrected chi connectivity index (χ1v) is 6.35. The van der Waals surface area contributed by atoms with Gasteiger partial charge in [0.1, 0.15) is 5.75 Å². The van der Waals surface area contributed by atoms with Crippen molar-refractivity contribution in [2.45, 2.75) is 25.5 Å². The molecular weight excluding hydrogens is 216 g/mol. The maximum absolute atomic E-state index is 11.4. The minimum Gasteiger partial charge on any atom is -0.344 e. The second kappa shape index (κ2) is 5.71. The molecule has 0 aromatic carbocycles. The van der Waals surface area contributed by atoms with E-state index < -0.39 is 26.7 Å². The number of nitrogens with zero attached hydrogens (tertiary/aromatic N) is 2. The third-order valence-corrected chi connectivity index (χ3v) is 4.11. The van der Waals surface area contributed by atoms with Crippen molar-refractivity contribution in [2.75, 3.05) is 19.3 Å². The van der Waals surface area contributed by atoms with Crippen LogP contribution in [0.5, 0.6) is 0 Å². The molecule has 6 heteroatoms. The van der Waals surface area contributed by atoms with E-state index in [-0.39, 0.29) is 13.0 Å². The van der Waals surface area contributed by atoms with Gasteiger partial charge in [-0.25, -0.2) is 8.42 Å². The van der Waals surface area contributed by atoms with Crippen molar-refractivity contribution >= 4 is 15.7 Å². The largest absolute Gasteiger partial charge is 0.344 e. The second-order valence-corrected chi connectivity index (χ2v) is 6.14. The molecule has 0 saturated heterocycles. The Bertz CT molecular complexity index is 354. The van der Waals surface area contributed by atoms with E-state index in [1.807, 2.05) is 6.07 Å². The molecule has 0 rings (SSSR count). The van der Waals surface area contributed by atoms with Crippen molar-refractivity contribution < 1.29 is 13.2 Å². The fourth-order valence-electron chi connectivity index (χ4n) is 0.791. The number of sulfone groups is 1. The van der Waals surface area contributed by atoms with Crippen LogP contribution >= 0.6 is 0 Å². The molecule has 0 spiro atoms. The zero-order valence-electron chi connectivity index (χ0n) is 9.23. The van der Waals surface area contributed by atoms with Gasteiger partial charge in [0.05, 0.1) is 17.7 Å². The third kappa shape index (κ3) is 4.79. The molecule has 0 N–H and O–H groups in total. The van der Waals surface area contributed by atoms with Gasteiger partial charge in [0.2, 0.25) is 5.91 Å². The number of hydrogen-bond acceptors (Lipinski definition) is 4. The van der Waals surface area contributed by atoms with Crippen LogP contribution in [-0.2, 0) is 14.6 Å². The van der Waals surface area contributed by atoms with E-state index in [2.05, 4.69) is 0 Å². The Kier molecular flexibility index (Phi) is 5.29. The van der Waals surface area contributed by atoms with Crippen LogP contribution in [-0.4, -0.2) is 43.8 Å². The molecular formula is C9H16N2O3S. The highest BCUT2D eigenvalue weighted by Gasteiger charge is 2.22. The Labute approximate surface area is 90.6 Å². The minimum absolute atomic E-state index is 0.212. The van der Waals surface area contributed by atoms with E-state index in [0.29, 0.717) is 0 Å². The number of carbonyl (C=O) groups excluding carboxylic acids is 1. The topological polar surface area (TPSA) is 78.2 Å². The average molecular weight is 232 g/mol. The summed E-state index contributed by atoms with van der Waals surface area (Å²) in [6, 6.07) is 1.90. The monoisotopic (exact) mass is 232 g/mol. The molecule has 0 aromatic heterocycles. The molecule has 0 aliphatic heterocycles. The standard InChI is InChI=1S/C9H16N2O3S/c1-8(2)15(13,14)7-9(12)11(3)6-4-5-10/h8H,4,6-7H2,1-3H3. The molecule has 0 fully saturated rings. The van der Waals surface area contributed by atoms with Crippen molar-refractivity contribution in [1.29, 1.82) is 5.26 Å². The summed E-state index contributed by atoms with van der Waals surface area (Å²) in [5.41, 5.74) is 0. The lowest BCUT2D eigenvalue weighted by molar-refractivity contribution is -0.127. The highest BCUT2D eigenvalue weighted by molar-refractivity contribution is 7.92. The van der Waals surface area contributed by atoms with Gasteiger partial charge < -0.3 is 4.90 Å². The molecule has 1 amide bonds. The Morgan fingerprint density at radius 3 is 2.40 bits per heavy atom. The van der Waals surface area contributed by atoms with Crippen molar-refractivity contribution in [3.63, 3.8) is 0 Å². The van der Waals surface area contributed by atoms with E-state index in [0.717, 1.165) is 0 Å². The number of amides is 1. The van der Waals surface area contributed by atoms with Crippen LogP contribution in [0.15, 0.2) is 0 Å². The predicted octanol–water partition coefficient (Wildman–Crippen LogP) is 0.182. The van der Waals surface area contributed by atoms with E-state index >= 15 is 0 Å². The Morgan fingerprint density at radius 2 is 2.00 bits per heavy atom. The highest BCUT2D eigenvalue weighted by Crippen LogP contribution is 2.02. The molecule has 15 heavy (non-hydrogen) atoms. The molecule has 0 radical (unpaired) electrons. The van der Waals surface area contributed by atoms with Gasteiger partial charge >= 0.3 is 0 Å². The van der Waals surface area contributed by atoms with Crippen LogP contribution in [0.4, 0.5) is 0 Å². The van der Waals surface area contributed by atoms with Gasteiger partial charge in [0, 0.05) is 13.6 Å². The summed E-state index contributed by atoms with van der Waals surface area (Å²) in [6.07, 6.45) is 0.212. The molecule has 0 atom stereocenters. The van der Waals surface area contributed by atoms with Crippen LogP contribution in [0.25, 0.3) is 0 Å². The SMILES string of the molecule is CC(C)S(=O)(=O)CC(=O)N(C)CCC#N. The Hall–Kier alpha value is -1.09. The molecule has 86 valence electrons. The summed E-state index contributed by atoms with van der Waals surface area (Å²) < 4.78 is 22.8. The first kappa shape index (κ1) is 13.9. The maximum atomic E-state index is 11.4. The number of rotatable bonds is 5. The molecule has 0 bridgehead atoms. The van der Waals surface area contributed by atoms with E-state index in [1.165, 1.54) is 25.8 Å². The summed E-state index contributed by atoms with van der Waals surface area (Å²) in [6.45, 7) is 3.35. The van der Waals surface area contributed by atoms with E-state index in [1.54, 1.807) is 0 Å². The van der Waals surface area contributed by atoms with Crippen molar-refractivity contribution in [3.8, 4) is 6.07 Å². The molecule has 0 saturated carbocycles. The zero-order valence-corrected chi connectivity index (χ0v) is 10.0. The van der Waals surface area contributed by atoms with E-state index in [9.17, 15) is 13.2 Å². The normalized spacial score (nSPS) is 11.1. The van der Waals surface area contributed by atoms with Crippen molar-refractivity contribution in [3.05, 3.63) is 0 Å². The van der Waals surface area contributed by atoms with Gasteiger partial charge in [0.25, 0.3) is 0 Å². The molecule has 0 heterocycles. The number of carbonyl (C=O) groups is 1. The van der Waals surface area contributed by atoms with Crippen molar-refractivity contribution in [1.82, 2.24) is 4.90 Å². The molecule has 0 aromatic rings. The average Bonchev–Trinajstić information content (AvgIpc) is 2.13. The van der Waals surface area contributed by atoms with Gasteiger partial charge in [0.15, 0.2) is 9.84 Å². The maximum Gasteiger partial charge on any atom is 0.237 e. The molecule has 0 aliphatic carbocycles. The highest BCUT2D eigenvalue weighted by atomic mass is 32.2. The van der Waals surface area contributed by atoms with Gasteiger partial charge in [-0.15, -0.1) is 0 Å².